The number of aryl methyl sites for hydroxylation is 3. The third-order valence-electron chi connectivity index (χ3n) is 4.49. The second-order valence-electron chi connectivity index (χ2n) is 6.18. The molecule has 0 atom stereocenters. The van der Waals surface area contributed by atoms with E-state index < -0.39 is 20.0 Å². The maximum Gasteiger partial charge on any atom is 0.283 e. The molecule has 1 heterocycles. The standard InChI is InChI=1S/C17H25N3O4S2/c1-7-19(8-2)26(23,24)17-14(5)18-20(15(17)6)25(21,22)16-10-9-12(3)13(4)11-16/h9-11H,7-8H2,1-6H3. The first-order valence-electron chi connectivity index (χ1n) is 8.37. The van der Waals surface area contributed by atoms with Gasteiger partial charge in [0.15, 0.2) is 0 Å². The third kappa shape index (κ3) is 3.30. The van der Waals surface area contributed by atoms with Crippen LogP contribution in [0.3, 0.4) is 0 Å². The van der Waals surface area contributed by atoms with E-state index in [1.54, 1.807) is 26.0 Å². The van der Waals surface area contributed by atoms with Gasteiger partial charge in [0.1, 0.15) is 4.90 Å². The lowest BCUT2D eigenvalue weighted by Gasteiger charge is -2.18. The van der Waals surface area contributed by atoms with Crippen LogP contribution in [-0.2, 0) is 20.0 Å². The molecule has 0 aliphatic carbocycles. The third-order valence-corrected chi connectivity index (χ3v) is 8.46. The maximum absolute atomic E-state index is 13.0. The molecule has 0 saturated heterocycles. The molecule has 0 fully saturated rings. The summed E-state index contributed by atoms with van der Waals surface area (Å²) in [4.78, 5) is 0.0339. The summed E-state index contributed by atoms with van der Waals surface area (Å²) in [5.41, 5.74) is 2.07. The van der Waals surface area contributed by atoms with E-state index in [4.69, 9.17) is 0 Å². The van der Waals surface area contributed by atoms with Gasteiger partial charge in [-0.05, 0) is 51.0 Å². The van der Waals surface area contributed by atoms with Crippen LogP contribution in [-0.4, -0.2) is 43.4 Å². The molecular weight excluding hydrogens is 374 g/mol. The Balaban J connectivity index is 2.69. The predicted octanol–water partition coefficient (Wildman–Crippen LogP) is 2.38. The van der Waals surface area contributed by atoms with Crippen LogP contribution in [0.5, 0.6) is 0 Å². The first-order valence-corrected chi connectivity index (χ1v) is 11.3. The molecule has 0 N–H and O–H groups in total. The fraction of sp³-hybridized carbons (Fsp3) is 0.471. The molecule has 0 spiro atoms. The van der Waals surface area contributed by atoms with Crippen LogP contribution < -0.4 is 0 Å². The van der Waals surface area contributed by atoms with E-state index in [9.17, 15) is 16.8 Å². The first-order chi connectivity index (χ1) is 12.0. The molecule has 9 heteroatoms. The van der Waals surface area contributed by atoms with Gasteiger partial charge >= 0.3 is 0 Å². The Hall–Kier alpha value is -1.71. The summed E-state index contributed by atoms with van der Waals surface area (Å²) in [5, 5.41) is 4.05. The molecule has 2 aromatic rings. The van der Waals surface area contributed by atoms with Gasteiger partial charge in [0.2, 0.25) is 10.0 Å². The Morgan fingerprint density at radius 3 is 2.04 bits per heavy atom. The Morgan fingerprint density at radius 1 is 0.962 bits per heavy atom. The van der Waals surface area contributed by atoms with Crippen molar-refractivity contribution in [2.75, 3.05) is 13.1 Å². The second-order valence-corrected chi connectivity index (χ2v) is 9.83. The molecule has 1 aromatic heterocycles. The topological polar surface area (TPSA) is 89.3 Å². The number of hydrogen-bond donors (Lipinski definition) is 0. The lowest BCUT2D eigenvalue weighted by Crippen LogP contribution is -2.31. The number of hydrogen-bond acceptors (Lipinski definition) is 5. The van der Waals surface area contributed by atoms with E-state index in [0.29, 0.717) is 13.1 Å². The van der Waals surface area contributed by atoms with Gasteiger partial charge in [0.25, 0.3) is 10.0 Å². The van der Waals surface area contributed by atoms with Crippen LogP contribution in [0.1, 0.15) is 36.4 Å². The molecular formula is C17H25N3O4S2. The van der Waals surface area contributed by atoms with Crippen LogP contribution in [0.25, 0.3) is 0 Å². The average Bonchev–Trinajstić information content (AvgIpc) is 2.86. The minimum Gasteiger partial charge on any atom is -0.207 e. The van der Waals surface area contributed by atoms with Crippen LogP contribution in [0.2, 0.25) is 0 Å². The fourth-order valence-electron chi connectivity index (χ4n) is 2.88. The van der Waals surface area contributed by atoms with E-state index in [0.717, 1.165) is 15.2 Å². The van der Waals surface area contributed by atoms with Crippen molar-refractivity contribution in [2.24, 2.45) is 0 Å². The molecule has 0 amide bonds. The molecule has 0 aliphatic rings. The summed E-state index contributed by atoms with van der Waals surface area (Å²) in [6.07, 6.45) is 0. The molecule has 1 aromatic carbocycles. The lowest BCUT2D eigenvalue weighted by molar-refractivity contribution is 0.444. The van der Waals surface area contributed by atoms with Gasteiger partial charge in [-0.15, -0.1) is 0 Å². The predicted molar refractivity (Wildman–Crippen MR) is 100 cm³/mol. The molecule has 0 radical (unpaired) electrons. The van der Waals surface area contributed by atoms with Crippen LogP contribution >= 0.6 is 0 Å². The number of benzene rings is 1. The summed E-state index contributed by atoms with van der Waals surface area (Å²) in [6.45, 7) is 10.8. The zero-order valence-corrected chi connectivity index (χ0v) is 17.6. The van der Waals surface area contributed by atoms with E-state index in [1.165, 1.54) is 24.2 Å². The van der Waals surface area contributed by atoms with Gasteiger partial charge in [-0.1, -0.05) is 19.9 Å². The highest BCUT2D eigenvalue weighted by Gasteiger charge is 2.32. The van der Waals surface area contributed by atoms with Crippen molar-refractivity contribution in [2.45, 2.75) is 51.3 Å². The van der Waals surface area contributed by atoms with Gasteiger partial charge in [0.05, 0.1) is 16.3 Å². The lowest BCUT2D eigenvalue weighted by atomic mass is 10.1. The maximum atomic E-state index is 13.0. The molecule has 0 aliphatic heterocycles. The summed E-state index contributed by atoms with van der Waals surface area (Å²) in [7, 11) is -7.80. The highest BCUT2D eigenvalue weighted by atomic mass is 32.2. The smallest absolute Gasteiger partial charge is 0.207 e. The van der Waals surface area contributed by atoms with Crippen molar-refractivity contribution in [3.63, 3.8) is 0 Å². The molecule has 7 nitrogen and oxygen atoms in total. The first kappa shape index (κ1) is 20.6. The monoisotopic (exact) mass is 399 g/mol. The van der Waals surface area contributed by atoms with E-state index >= 15 is 0 Å². The Labute approximate surface area is 155 Å². The average molecular weight is 400 g/mol. The van der Waals surface area contributed by atoms with Crippen molar-refractivity contribution < 1.29 is 16.8 Å². The van der Waals surface area contributed by atoms with Crippen molar-refractivity contribution in [1.29, 1.82) is 0 Å². The van der Waals surface area contributed by atoms with E-state index in [-0.39, 0.29) is 21.2 Å². The Bertz CT molecular complexity index is 1030. The van der Waals surface area contributed by atoms with Gasteiger partial charge in [0, 0.05) is 13.1 Å². The second kappa shape index (κ2) is 7.13. The summed E-state index contributed by atoms with van der Waals surface area (Å²) < 4.78 is 53.9. The highest BCUT2D eigenvalue weighted by Crippen LogP contribution is 2.27. The molecule has 26 heavy (non-hydrogen) atoms. The van der Waals surface area contributed by atoms with Crippen molar-refractivity contribution in [3.8, 4) is 0 Å². The van der Waals surface area contributed by atoms with Gasteiger partial charge in [-0.3, -0.25) is 0 Å². The quantitative estimate of drug-likeness (QED) is 0.744. The van der Waals surface area contributed by atoms with E-state index in [1.807, 2.05) is 13.8 Å². The molecule has 2 rings (SSSR count). The van der Waals surface area contributed by atoms with Gasteiger partial charge in [-0.2, -0.15) is 21.9 Å². The summed E-state index contributed by atoms with van der Waals surface area (Å²) in [6, 6.07) is 4.80. The zero-order valence-electron chi connectivity index (χ0n) is 15.9. The molecule has 0 saturated carbocycles. The van der Waals surface area contributed by atoms with Gasteiger partial charge < -0.3 is 0 Å². The molecule has 0 unspecified atom stereocenters. The molecule has 0 bridgehead atoms. The SMILES string of the molecule is CCN(CC)S(=O)(=O)c1c(C)nn(S(=O)(=O)c2ccc(C)c(C)c2)c1C. The van der Waals surface area contributed by atoms with Crippen LogP contribution in [0.4, 0.5) is 0 Å². The largest absolute Gasteiger partial charge is 0.283 e. The van der Waals surface area contributed by atoms with Gasteiger partial charge in [-0.25, -0.2) is 8.42 Å². The summed E-state index contributed by atoms with van der Waals surface area (Å²) >= 11 is 0. The normalized spacial score (nSPS) is 12.7. The number of sulfonamides is 1. The minimum atomic E-state index is -3.99. The van der Waals surface area contributed by atoms with E-state index in [2.05, 4.69) is 5.10 Å². The number of nitrogens with zero attached hydrogens (tertiary/aromatic N) is 3. The van der Waals surface area contributed by atoms with Crippen molar-refractivity contribution >= 4 is 20.0 Å². The van der Waals surface area contributed by atoms with Crippen LogP contribution in [0, 0.1) is 27.7 Å². The molecule has 144 valence electrons. The summed E-state index contributed by atoms with van der Waals surface area (Å²) in [5.74, 6) is 0. The number of aromatic nitrogens is 2. The Kier molecular flexibility index (Phi) is 5.65. The fourth-order valence-corrected chi connectivity index (χ4v) is 6.20. The van der Waals surface area contributed by atoms with Crippen molar-refractivity contribution in [1.82, 2.24) is 13.5 Å². The Morgan fingerprint density at radius 2 is 1.54 bits per heavy atom. The minimum absolute atomic E-state index is 0.0476. The highest BCUT2D eigenvalue weighted by molar-refractivity contribution is 7.90. The van der Waals surface area contributed by atoms with Crippen LogP contribution in [0.15, 0.2) is 28.0 Å². The number of rotatable bonds is 6. The zero-order chi connectivity index (χ0) is 19.9. The van der Waals surface area contributed by atoms with Crippen molar-refractivity contribution in [3.05, 3.63) is 40.7 Å².